The summed E-state index contributed by atoms with van der Waals surface area (Å²) in [6, 6.07) is 16.0. The first kappa shape index (κ1) is 12.1. The Morgan fingerprint density at radius 2 is 1.65 bits per heavy atom. The third-order valence-electron chi connectivity index (χ3n) is 2.40. The first-order valence-electron chi connectivity index (χ1n) is 5.33. The molecule has 88 valence electrons. The molecule has 0 aliphatic heterocycles. The molecule has 0 radical (unpaired) electrons. The summed E-state index contributed by atoms with van der Waals surface area (Å²) in [5.74, 6) is 0.409. The van der Waals surface area contributed by atoms with Crippen molar-refractivity contribution < 1.29 is 9.13 Å². The summed E-state index contributed by atoms with van der Waals surface area (Å²) in [5, 5.41) is 0.689. The molecule has 0 aromatic heterocycles. The molecule has 1 unspecified atom stereocenters. The molecule has 0 spiro atoms. The van der Waals surface area contributed by atoms with Gasteiger partial charge in [0.25, 0.3) is 0 Å². The van der Waals surface area contributed by atoms with Crippen molar-refractivity contribution in [2.24, 2.45) is 0 Å². The van der Waals surface area contributed by atoms with E-state index >= 15 is 0 Å². The standard InChI is InChI=1S/C14H12BrFO/c15-10-14(11-4-2-1-3-5-11)17-13-8-6-12(16)7-9-13/h1-9,14H,10H2. The van der Waals surface area contributed by atoms with Crippen molar-refractivity contribution in [2.75, 3.05) is 5.33 Å². The van der Waals surface area contributed by atoms with Crippen LogP contribution in [0.5, 0.6) is 5.75 Å². The fraction of sp³-hybridized carbons (Fsp3) is 0.143. The lowest BCUT2D eigenvalue weighted by molar-refractivity contribution is 0.232. The summed E-state index contributed by atoms with van der Waals surface area (Å²) in [4.78, 5) is 0. The zero-order valence-electron chi connectivity index (χ0n) is 9.14. The van der Waals surface area contributed by atoms with Crippen molar-refractivity contribution in [3.05, 3.63) is 66.0 Å². The summed E-state index contributed by atoms with van der Waals surface area (Å²) in [6.45, 7) is 0. The minimum atomic E-state index is -0.257. The number of rotatable bonds is 4. The summed E-state index contributed by atoms with van der Waals surface area (Å²) < 4.78 is 18.6. The van der Waals surface area contributed by atoms with E-state index in [1.165, 1.54) is 12.1 Å². The number of alkyl halides is 1. The van der Waals surface area contributed by atoms with E-state index in [2.05, 4.69) is 15.9 Å². The largest absolute Gasteiger partial charge is 0.485 e. The van der Waals surface area contributed by atoms with Crippen molar-refractivity contribution in [3.8, 4) is 5.75 Å². The van der Waals surface area contributed by atoms with E-state index in [0.29, 0.717) is 11.1 Å². The molecule has 0 amide bonds. The summed E-state index contributed by atoms with van der Waals surface area (Å²) >= 11 is 3.43. The van der Waals surface area contributed by atoms with Gasteiger partial charge in [0, 0.05) is 5.33 Å². The predicted molar refractivity (Wildman–Crippen MR) is 70.0 cm³/mol. The third-order valence-corrected chi connectivity index (χ3v) is 2.99. The van der Waals surface area contributed by atoms with Crippen molar-refractivity contribution in [1.82, 2.24) is 0 Å². The fourth-order valence-corrected chi connectivity index (χ4v) is 2.04. The normalized spacial score (nSPS) is 12.1. The maximum absolute atomic E-state index is 12.8. The quantitative estimate of drug-likeness (QED) is 0.762. The molecule has 0 saturated heterocycles. The Morgan fingerprint density at radius 1 is 1.00 bits per heavy atom. The Bertz CT molecular complexity index is 455. The number of halogens is 2. The van der Waals surface area contributed by atoms with Crippen LogP contribution in [0, 0.1) is 5.82 Å². The van der Waals surface area contributed by atoms with Gasteiger partial charge in [-0.05, 0) is 29.8 Å². The van der Waals surface area contributed by atoms with Crippen molar-refractivity contribution in [3.63, 3.8) is 0 Å². The topological polar surface area (TPSA) is 9.23 Å². The van der Waals surface area contributed by atoms with Gasteiger partial charge in [-0.25, -0.2) is 4.39 Å². The Kier molecular flexibility index (Phi) is 4.15. The molecule has 0 fully saturated rings. The number of hydrogen-bond acceptors (Lipinski definition) is 1. The highest BCUT2D eigenvalue weighted by molar-refractivity contribution is 9.09. The number of ether oxygens (including phenoxy) is 1. The summed E-state index contributed by atoms with van der Waals surface area (Å²) in [5.41, 5.74) is 1.09. The van der Waals surface area contributed by atoms with Gasteiger partial charge in [0.2, 0.25) is 0 Å². The van der Waals surface area contributed by atoms with Gasteiger partial charge < -0.3 is 4.74 Å². The molecule has 2 aromatic rings. The SMILES string of the molecule is Fc1ccc(OC(CBr)c2ccccc2)cc1. The van der Waals surface area contributed by atoms with Gasteiger partial charge in [-0.3, -0.25) is 0 Å². The molecule has 2 aromatic carbocycles. The maximum atomic E-state index is 12.8. The first-order chi connectivity index (χ1) is 8.29. The maximum Gasteiger partial charge on any atom is 0.133 e. The minimum Gasteiger partial charge on any atom is -0.485 e. The molecule has 17 heavy (non-hydrogen) atoms. The Balaban J connectivity index is 2.13. The minimum absolute atomic E-state index is 0.0679. The second-order valence-electron chi connectivity index (χ2n) is 3.63. The van der Waals surface area contributed by atoms with Crippen LogP contribution in [0.15, 0.2) is 54.6 Å². The highest BCUT2D eigenvalue weighted by Crippen LogP contribution is 2.23. The summed E-state index contributed by atoms with van der Waals surface area (Å²) in [6.07, 6.45) is -0.0679. The van der Waals surface area contributed by atoms with Crippen LogP contribution in [0.3, 0.4) is 0 Å². The molecule has 0 bridgehead atoms. The van der Waals surface area contributed by atoms with Crippen LogP contribution in [0.1, 0.15) is 11.7 Å². The van der Waals surface area contributed by atoms with Crippen molar-refractivity contribution >= 4 is 15.9 Å². The molecule has 0 heterocycles. The lowest BCUT2D eigenvalue weighted by atomic mass is 10.1. The molecule has 0 saturated carbocycles. The van der Waals surface area contributed by atoms with Gasteiger partial charge >= 0.3 is 0 Å². The zero-order valence-corrected chi connectivity index (χ0v) is 10.7. The Labute approximate surface area is 108 Å². The molecule has 0 aliphatic rings. The fourth-order valence-electron chi connectivity index (χ4n) is 1.53. The monoisotopic (exact) mass is 294 g/mol. The van der Waals surface area contributed by atoms with Crippen LogP contribution >= 0.6 is 15.9 Å². The van der Waals surface area contributed by atoms with Gasteiger partial charge in [-0.1, -0.05) is 46.3 Å². The van der Waals surface area contributed by atoms with Crippen LogP contribution in [0.25, 0.3) is 0 Å². The van der Waals surface area contributed by atoms with E-state index in [1.54, 1.807) is 12.1 Å². The third kappa shape index (κ3) is 3.30. The van der Waals surface area contributed by atoms with Crippen LogP contribution in [-0.4, -0.2) is 5.33 Å². The van der Waals surface area contributed by atoms with E-state index in [4.69, 9.17) is 4.74 Å². The van der Waals surface area contributed by atoms with Crippen LogP contribution in [-0.2, 0) is 0 Å². The molecule has 1 atom stereocenters. The molecular weight excluding hydrogens is 283 g/mol. The van der Waals surface area contributed by atoms with Gasteiger partial charge in [-0.2, -0.15) is 0 Å². The van der Waals surface area contributed by atoms with Crippen LogP contribution in [0.4, 0.5) is 4.39 Å². The van der Waals surface area contributed by atoms with E-state index in [0.717, 1.165) is 5.56 Å². The van der Waals surface area contributed by atoms with E-state index in [9.17, 15) is 4.39 Å². The first-order valence-corrected chi connectivity index (χ1v) is 6.45. The van der Waals surface area contributed by atoms with Gasteiger partial charge in [0.15, 0.2) is 0 Å². The summed E-state index contributed by atoms with van der Waals surface area (Å²) in [7, 11) is 0. The number of hydrogen-bond donors (Lipinski definition) is 0. The van der Waals surface area contributed by atoms with Crippen molar-refractivity contribution in [1.29, 1.82) is 0 Å². The number of benzene rings is 2. The highest BCUT2D eigenvalue weighted by atomic mass is 79.9. The Hall–Kier alpha value is -1.35. The molecule has 0 aliphatic carbocycles. The van der Waals surface area contributed by atoms with E-state index < -0.39 is 0 Å². The van der Waals surface area contributed by atoms with E-state index in [1.807, 2.05) is 30.3 Å². The second-order valence-corrected chi connectivity index (χ2v) is 4.27. The molecular formula is C14H12BrFO. The molecule has 2 rings (SSSR count). The van der Waals surface area contributed by atoms with Gasteiger partial charge in [0.1, 0.15) is 17.7 Å². The lowest BCUT2D eigenvalue weighted by Gasteiger charge is -2.17. The molecule has 1 nitrogen and oxygen atoms in total. The van der Waals surface area contributed by atoms with Crippen LogP contribution in [0.2, 0.25) is 0 Å². The van der Waals surface area contributed by atoms with Crippen molar-refractivity contribution in [2.45, 2.75) is 6.10 Å². The van der Waals surface area contributed by atoms with E-state index in [-0.39, 0.29) is 11.9 Å². The Morgan fingerprint density at radius 3 is 2.24 bits per heavy atom. The van der Waals surface area contributed by atoms with Gasteiger partial charge in [0.05, 0.1) is 0 Å². The average molecular weight is 295 g/mol. The van der Waals surface area contributed by atoms with Gasteiger partial charge in [-0.15, -0.1) is 0 Å². The molecule has 3 heteroatoms. The lowest BCUT2D eigenvalue weighted by Crippen LogP contribution is -2.08. The predicted octanol–water partition coefficient (Wildman–Crippen LogP) is 4.34. The average Bonchev–Trinajstić information content (AvgIpc) is 2.39. The van der Waals surface area contributed by atoms with Crippen LogP contribution < -0.4 is 4.74 Å². The highest BCUT2D eigenvalue weighted by Gasteiger charge is 2.11. The molecule has 0 N–H and O–H groups in total. The zero-order chi connectivity index (χ0) is 12.1. The second kappa shape index (κ2) is 5.82. The smallest absolute Gasteiger partial charge is 0.133 e.